The molecule has 0 aromatic heterocycles. The minimum absolute atomic E-state index is 0.0504. The van der Waals surface area contributed by atoms with E-state index in [1.807, 2.05) is 48.5 Å². The van der Waals surface area contributed by atoms with E-state index >= 15 is 0 Å². The maximum Gasteiger partial charge on any atom is 0.460 e. The highest BCUT2D eigenvalue weighted by Crippen LogP contribution is 2.62. The molecule has 6 nitrogen and oxygen atoms in total. The fraction of sp³-hybridized carbons (Fsp3) is 0.500. The van der Waals surface area contributed by atoms with Gasteiger partial charge in [0.2, 0.25) is 5.91 Å². The number of amides is 3. The van der Waals surface area contributed by atoms with Crippen LogP contribution in [0.25, 0.3) is 5.57 Å². The summed E-state index contributed by atoms with van der Waals surface area (Å²) in [5.74, 6) is -20.5. The lowest BCUT2D eigenvalue weighted by atomic mass is 9.57. The summed E-state index contributed by atoms with van der Waals surface area (Å²) >= 11 is 0. The van der Waals surface area contributed by atoms with Gasteiger partial charge in [0.1, 0.15) is 12.4 Å². The second-order valence-corrected chi connectivity index (χ2v) is 21.4. The van der Waals surface area contributed by atoms with E-state index in [1.165, 1.54) is 34.2 Å². The Kier molecular flexibility index (Phi) is 17.0. The third kappa shape index (κ3) is 11.6. The van der Waals surface area contributed by atoms with Gasteiger partial charge >= 0.3 is 30.0 Å². The zero-order chi connectivity index (χ0) is 53.8. The van der Waals surface area contributed by atoms with E-state index in [2.05, 4.69) is 49.4 Å². The SMILES string of the molecule is C[C@H]1[C@@H](c2ccccc2)N(C(=O)[C@H](CCCCCCC=CCC2=C3c4ccc(OCc5ccccc5)cc4CCC3C3CCC(OCc4ccccc4)[C@@]3(C)C2)CCC(F)(F)C(F)(F)C(F)(F)C(F)(F)F)C(=O)N1C. The Labute approximate surface area is 434 Å². The molecule has 4 aromatic rings. The first kappa shape index (κ1) is 55.7. The van der Waals surface area contributed by atoms with Gasteiger partial charge in [-0.3, -0.25) is 9.69 Å². The van der Waals surface area contributed by atoms with Crippen LogP contribution in [0.3, 0.4) is 0 Å². The Morgan fingerprint density at radius 1 is 0.760 bits per heavy atom. The van der Waals surface area contributed by atoms with Crippen LogP contribution in [0, 0.1) is 23.2 Å². The Bertz CT molecular complexity index is 2640. The maximum atomic E-state index is 15.0. The number of halogens is 9. The van der Waals surface area contributed by atoms with Crippen molar-refractivity contribution in [3.63, 3.8) is 0 Å². The van der Waals surface area contributed by atoms with Crippen LogP contribution in [0.4, 0.5) is 44.3 Å². The number of fused-ring (bicyclic) bond motifs is 5. The molecule has 8 rings (SSSR count). The minimum Gasteiger partial charge on any atom is -0.489 e. The molecule has 3 aliphatic carbocycles. The highest BCUT2D eigenvalue weighted by molar-refractivity contribution is 5.98. The van der Waals surface area contributed by atoms with Gasteiger partial charge in [-0.05, 0) is 128 Å². The number of ether oxygens (including phenoxy) is 2. The summed E-state index contributed by atoms with van der Waals surface area (Å²) in [6, 6.07) is 32.9. The number of nitrogens with zero attached hydrogens (tertiary/aromatic N) is 2. The van der Waals surface area contributed by atoms with E-state index in [9.17, 15) is 49.1 Å². The van der Waals surface area contributed by atoms with Crippen LogP contribution in [0.2, 0.25) is 0 Å². The summed E-state index contributed by atoms with van der Waals surface area (Å²) in [6.07, 6.45) is 2.48. The number of allylic oxidation sites excluding steroid dienone is 4. The molecule has 0 spiro atoms. The van der Waals surface area contributed by atoms with Crippen LogP contribution >= 0.6 is 0 Å². The molecule has 0 N–H and O–H groups in total. The van der Waals surface area contributed by atoms with Crippen LogP contribution in [-0.4, -0.2) is 64.9 Å². The number of hydrogen-bond acceptors (Lipinski definition) is 4. The molecule has 75 heavy (non-hydrogen) atoms. The van der Waals surface area contributed by atoms with E-state index in [0.717, 1.165) is 60.3 Å². The average molecular weight is 1050 g/mol. The first-order valence-electron chi connectivity index (χ1n) is 26.3. The van der Waals surface area contributed by atoms with Crippen LogP contribution in [-0.2, 0) is 29.2 Å². The van der Waals surface area contributed by atoms with Gasteiger partial charge in [0.25, 0.3) is 0 Å². The molecule has 3 unspecified atom stereocenters. The lowest BCUT2D eigenvalue weighted by Gasteiger charge is -2.48. The fourth-order valence-corrected chi connectivity index (χ4v) is 12.4. The van der Waals surface area contributed by atoms with Gasteiger partial charge in [0.15, 0.2) is 0 Å². The number of carbonyl (C=O) groups is 2. The van der Waals surface area contributed by atoms with Crippen molar-refractivity contribution in [3.8, 4) is 5.75 Å². The quantitative estimate of drug-likeness (QED) is 0.0447. The van der Waals surface area contributed by atoms with Crippen LogP contribution in [0.5, 0.6) is 5.75 Å². The van der Waals surface area contributed by atoms with E-state index in [1.54, 1.807) is 37.3 Å². The number of imide groups is 1. The van der Waals surface area contributed by atoms with Crippen LogP contribution < -0.4 is 4.74 Å². The van der Waals surface area contributed by atoms with E-state index in [0.29, 0.717) is 56.3 Å². The predicted molar refractivity (Wildman–Crippen MR) is 270 cm³/mol. The van der Waals surface area contributed by atoms with Gasteiger partial charge in [-0.15, -0.1) is 0 Å². The molecule has 1 heterocycles. The van der Waals surface area contributed by atoms with Crippen molar-refractivity contribution in [2.45, 2.75) is 159 Å². The number of carbonyl (C=O) groups excluding carboxylic acids is 2. The average Bonchev–Trinajstić information content (AvgIpc) is 3.86. The minimum atomic E-state index is -7.04. The summed E-state index contributed by atoms with van der Waals surface area (Å²) in [5.41, 5.74) is 8.14. The highest BCUT2D eigenvalue weighted by Gasteiger charge is 2.81. The highest BCUT2D eigenvalue weighted by atomic mass is 19.4. The summed E-state index contributed by atoms with van der Waals surface area (Å²) < 4.78 is 138. The van der Waals surface area contributed by atoms with Gasteiger partial charge < -0.3 is 14.4 Å². The Balaban J connectivity index is 0.935. The van der Waals surface area contributed by atoms with Crippen molar-refractivity contribution < 1.29 is 58.6 Å². The number of urea groups is 1. The maximum absolute atomic E-state index is 15.0. The van der Waals surface area contributed by atoms with Crippen LogP contribution in [0.15, 0.2) is 127 Å². The second kappa shape index (κ2) is 23.0. The van der Waals surface area contributed by atoms with Crippen molar-refractivity contribution in [2.24, 2.45) is 23.2 Å². The molecule has 4 aromatic carbocycles. The largest absolute Gasteiger partial charge is 0.489 e. The molecule has 0 radical (unpaired) electrons. The number of unbranched alkanes of at least 4 members (excludes halogenated alkanes) is 4. The van der Waals surface area contributed by atoms with E-state index in [4.69, 9.17) is 9.47 Å². The molecule has 7 atom stereocenters. The van der Waals surface area contributed by atoms with Crippen molar-refractivity contribution >= 4 is 17.5 Å². The number of aryl methyl sites for hydroxylation is 1. The lowest BCUT2D eigenvalue weighted by Crippen LogP contribution is -2.60. The monoisotopic (exact) mass is 1050 g/mol. The summed E-state index contributed by atoms with van der Waals surface area (Å²) in [6.45, 7) is 5.11. The van der Waals surface area contributed by atoms with Gasteiger partial charge in [-0.25, -0.2) is 4.79 Å². The zero-order valence-electron chi connectivity index (χ0n) is 42.8. The predicted octanol–water partition coefficient (Wildman–Crippen LogP) is 16.2. The van der Waals surface area contributed by atoms with Gasteiger partial charge in [-0.1, -0.05) is 141 Å². The standard InChI is InChI=1S/C60H67F9N2O4/c1-40-53(43-24-18-11-19-25-43)71(55(73)70(40)3)54(72)44(34-35-57(61,62)58(63,64)59(65,66)60(67,68)69)26-16-7-5-4-6-8-17-27-46-37-56(2)50(32-33-51(56)75-39-42-22-14-10-15-23-42)49-30-28-45-36-47(29-31-48(45)52(46)49)74-38-41-20-12-9-13-21-41/h8-15,17-25,29,31,36,40,44,49-51,53H,4-7,16,26-28,30,32-35,37-39H2,1-3H3/t40-,44+,49?,50?,51?,53-,56-/m0/s1. The number of hydrogen-bond donors (Lipinski definition) is 0. The van der Waals surface area contributed by atoms with Crippen LogP contribution in [0.1, 0.15) is 131 Å². The second-order valence-electron chi connectivity index (χ2n) is 21.4. The molecule has 0 bridgehead atoms. The number of benzene rings is 4. The molecular formula is C60H67F9N2O4. The Morgan fingerprint density at radius 2 is 1.40 bits per heavy atom. The Morgan fingerprint density at radius 3 is 2.07 bits per heavy atom. The molecule has 15 heteroatoms. The first-order valence-corrected chi connectivity index (χ1v) is 26.3. The molecule has 1 saturated carbocycles. The zero-order valence-corrected chi connectivity index (χ0v) is 42.8. The normalized spacial score (nSPS) is 23.6. The van der Waals surface area contributed by atoms with E-state index < -0.39 is 66.7 Å². The molecular weight excluding hydrogens is 984 g/mol. The van der Waals surface area contributed by atoms with Crippen molar-refractivity contribution in [3.05, 3.63) is 155 Å². The number of alkyl halides is 9. The van der Waals surface area contributed by atoms with Crippen molar-refractivity contribution in [2.75, 3.05) is 7.05 Å². The lowest BCUT2D eigenvalue weighted by molar-refractivity contribution is -0.396. The van der Waals surface area contributed by atoms with Crippen molar-refractivity contribution in [1.82, 2.24) is 9.80 Å². The fourth-order valence-electron chi connectivity index (χ4n) is 12.4. The molecule has 4 aliphatic rings. The molecule has 2 fully saturated rings. The summed E-state index contributed by atoms with van der Waals surface area (Å²) in [4.78, 5) is 29.9. The number of likely N-dealkylation sites (N-methyl/N-ethyl adjacent to an activating group) is 1. The molecule has 1 saturated heterocycles. The molecule has 404 valence electrons. The number of rotatable bonds is 22. The third-order valence-electron chi connectivity index (χ3n) is 16.6. The van der Waals surface area contributed by atoms with Crippen molar-refractivity contribution in [1.29, 1.82) is 0 Å². The van der Waals surface area contributed by atoms with Gasteiger partial charge in [0, 0.05) is 24.8 Å². The Hall–Kier alpha value is -5.57. The summed E-state index contributed by atoms with van der Waals surface area (Å²) in [7, 11) is 1.44. The topological polar surface area (TPSA) is 59.1 Å². The smallest absolute Gasteiger partial charge is 0.460 e. The molecule has 1 aliphatic heterocycles. The summed E-state index contributed by atoms with van der Waals surface area (Å²) in [5, 5.41) is 0. The van der Waals surface area contributed by atoms with Gasteiger partial charge in [-0.2, -0.15) is 39.5 Å². The molecule has 3 amide bonds. The first-order chi connectivity index (χ1) is 35.7. The van der Waals surface area contributed by atoms with Gasteiger partial charge in [0.05, 0.1) is 24.8 Å². The third-order valence-corrected chi connectivity index (χ3v) is 16.6. The van der Waals surface area contributed by atoms with E-state index in [-0.39, 0.29) is 24.4 Å².